The Morgan fingerprint density at radius 1 is 1.20 bits per heavy atom. The highest BCUT2D eigenvalue weighted by molar-refractivity contribution is 5.92. The molecule has 0 atom stereocenters. The van der Waals surface area contributed by atoms with Gasteiger partial charge in [0.05, 0.1) is 13.2 Å². The van der Waals surface area contributed by atoms with Crippen molar-refractivity contribution in [1.82, 2.24) is 0 Å². The first-order chi connectivity index (χ1) is 12.1. The predicted molar refractivity (Wildman–Crippen MR) is 94.0 cm³/mol. The molecule has 0 radical (unpaired) electrons. The lowest BCUT2D eigenvalue weighted by Gasteiger charge is -2.11. The van der Waals surface area contributed by atoms with Gasteiger partial charge in [0, 0.05) is 18.4 Å². The number of nitrogens with one attached hydrogen (secondary N) is 1. The molecule has 0 bridgehead atoms. The minimum atomic E-state index is -2.51. The smallest absolute Gasteiger partial charge is 0.272 e. The molecule has 2 aromatic rings. The first-order valence-corrected chi connectivity index (χ1v) is 7.72. The van der Waals surface area contributed by atoms with Gasteiger partial charge >= 0.3 is 0 Å². The highest BCUT2D eigenvalue weighted by Gasteiger charge is 2.05. The van der Waals surface area contributed by atoms with Crippen LogP contribution in [0.25, 0.3) is 0 Å². The van der Waals surface area contributed by atoms with Crippen molar-refractivity contribution in [3.05, 3.63) is 59.7 Å². The van der Waals surface area contributed by atoms with Gasteiger partial charge in [-0.25, -0.2) is 13.8 Å². The van der Waals surface area contributed by atoms with Gasteiger partial charge in [-0.15, -0.1) is 0 Å². The number of nitrogens with zero attached hydrogens (tertiary/aromatic N) is 1. The fourth-order valence-corrected chi connectivity index (χ4v) is 2.17. The van der Waals surface area contributed by atoms with Crippen molar-refractivity contribution in [2.75, 3.05) is 19.0 Å². The number of para-hydroxylation sites is 1. The zero-order valence-electron chi connectivity index (χ0n) is 13.9. The quantitative estimate of drug-likeness (QED) is 0.566. The van der Waals surface area contributed by atoms with Gasteiger partial charge in [0.1, 0.15) is 12.4 Å². The minimum Gasteiger partial charge on any atom is -0.488 e. The van der Waals surface area contributed by atoms with Gasteiger partial charge < -0.3 is 20.5 Å². The molecule has 0 fully saturated rings. The van der Waals surface area contributed by atoms with Crippen molar-refractivity contribution in [2.45, 2.75) is 19.6 Å². The summed E-state index contributed by atoms with van der Waals surface area (Å²) in [6.45, 7) is 0.129. The van der Waals surface area contributed by atoms with E-state index in [1.54, 1.807) is 25.3 Å². The van der Waals surface area contributed by atoms with Gasteiger partial charge in [0.2, 0.25) is 0 Å². The van der Waals surface area contributed by atoms with E-state index in [0.717, 1.165) is 16.8 Å². The summed E-state index contributed by atoms with van der Waals surface area (Å²) < 4.78 is 34.5. The van der Waals surface area contributed by atoms with Crippen LogP contribution in [0.5, 0.6) is 5.75 Å². The monoisotopic (exact) mass is 349 g/mol. The Kier molecular flexibility index (Phi) is 7.16. The fraction of sp³-hybridized carbons (Fsp3) is 0.278. The molecule has 2 rings (SSSR count). The van der Waals surface area contributed by atoms with E-state index in [1.165, 1.54) is 0 Å². The standard InChI is InChI=1S/C18H21F2N3O2/c1-24-11-14-6-2-3-8-16(14)23-18(21)22-10-13-5-4-7-15(9-13)25-12-17(19)20/h2-9,17H,10-12H2,1H3,(H3,21,22,23). The number of rotatable bonds is 8. The third-order valence-corrected chi connectivity index (χ3v) is 3.29. The van der Waals surface area contributed by atoms with E-state index in [0.29, 0.717) is 18.9 Å². The first-order valence-electron chi connectivity index (χ1n) is 7.72. The zero-order chi connectivity index (χ0) is 18.1. The van der Waals surface area contributed by atoms with Crippen molar-refractivity contribution in [3.63, 3.8) is 0 Å². The Hall–Kier alpha value is -2.67. The second-order valence-corrected chi connectivity index (χ2v) is 5.27. The Bertz CT molecular complexity index is 708. The van der Waals surface area contributed by atoms with Crippen LogP contribution >= 0.6 is 0 Å². The molecule has 25 heavy (non-hydrogen) atoms. The lowest BCUT2D eigenvalue weighted by atomic mass is 10.2. The third kappa shape index (κ3) is 6.39. The number of halogens is 2. The molecule has 0 aliphatic carbocycles. The van der Waals surface area contributed by atoms with E-state index in [9.17, 15) is 8.78 Å². The molecule has 3 N–H and O–H groups in total. The lowest BCUT2D eigenvalue weighted by molar-refractivity contribution is 0.0818. The fourth-order valence-electron chi connectivity index (χ4n) is 2.17. The van der Waals surface area contributed by atoms with E-state index in [1.807, 2.05) is 30.3 Å². The average molecular weight is 349 g/mol. The van der Waals surface area contributed by atoms with Crippen LogP contribution < -0.4 is 15.8 Å². The molecule has 0 aliphatic heterocycles. The molecular weight excluding hydrogens is 328 g/mol. The van der Waals surface area contributed by atoms with Gasteiger partial charge in [-0.2, -0.15) is 0 Å². The third-order valence-electron chi connectivity index (χ3n) is 3.29. The van der Waals surface area contributed by atoms with E-state index in [-0.39, 0.29) is 5.96 Å². The van der Waals surface area contributed by atoms with Crippen LogP contribution in [0, 0.1) is 0 Å². The van der Waals surface area contributed by atoms with Crippen LogP contribution in [-0.4, -0.2) is 26.1 Å². The predicted octanol–water partition coefficient (Wildman–Crippen LogP) is 3.40. The Morgan fingerprint density at radius 2 is 2.00 bits per heavy atom. The van der Waals surface area contributed by atoms with Crippen LogP contribution in [0.4, 0.5) is 14.5 Å². The van der Waals surface area contributed by atoms with Gasteiger partial charge in [-0.3, -0.25) is 0 Å². The van der Waals surface area contributed by atoms with Crippen molar-refractivity contribution in [2.24, 2.45) is 10.7 Å². The Balaban J connectivity index is 1.98. The van der Waals surface area contributed by atoms with Gasteiger partial charge in [0.25, 0.3) is 6.43 Å². The molecule has 2 aromatic carbocycles. The zero-order valence-corrected chi connectivity index (χ0v) is 13.9. The number of aliphatic imine (C=N–C) groups is 1. The van der Waals surface area contributed by atoms with Crippen molar-refractivity contribution in [1.29, 1.82) is 0 Å². The molecule has 0 saturated heterocycles. The van der Waals surface area contributed by atoms with Crippen LogP contribution in [0.1, 0.15) is 11.1 Å². The van der Waals surface area contributed by atoms with Crippen LogP contribution in [0.15, 0.2) is 53.5 Å². The van der Waals surface area contributed by atoms with E-state index >= 15 is 0 Å². The summed E-state index contributed by atoms with van der Waals surface area (Å²) in [4.78, 5) is 4.27. The van der Waals surface area contributed by atoms with Gasteiger partial charge in [0.15, 0.2) is 5.96 Å². The van der Waals surface area contributed by atoms with E-state index in [2.05, 4.69) is 10.3 Å². The first kappa shape index (κ1) is 18.7. The maximum Gasteiger partial charge on any atom is 0.272 e. The molecule has 0 heterocycles. The summed E-state index contributed by atoms with van der Waals surface area (Å²) in [5, 5.41) is 3.04. The summed E-state index contributed by atoms with van der Waals surface area (Å²) >= 11 is 0. The number of anilines is 1. The van der Waals surface area contributed by atoms with Crippen LogP contribution in [-0.2, 0) is 17.9 Å². The maximum atomic E-state index is 12.2. The molecule has 134 valence electrons. The van der Waals surface area contributed by atoms with E-state index < -0.39 is 13.0 Å². The second kappa shape index (κ2) is 9.58. The molecule has 7 heteroatoms. The Morgan fingerprint density at radius 3 is 2.76 bits per heavy atom. The number of hydrogen-bond acceptors (Lipinski definition) is 3. The molecule has 5 nitrogen and oxygen atoms in total. The maximum absolute atomic E-state index is 12.2. The second-order valence-electron chi connectivity index (χ2n) is 5.27. The van der Waals surface area contributed by atoms with Gasteiger partial charge in [-0.05, 0) is 23.8 Å². The molecule has 0 unspecified atom stereocenters. The molecule has 0 spiro atoms. The van der Waals surface area contributed by atoms with Crippen LogP contribution in [0.3, 0.4) is 0 Å². The number of benzene rings is 2. The summed E-state index contributed by atoms with van der Waals surface area (Å²) in [5.41, 5.74) is 8.51. The number of nitrogens with two attached hydrogens (primary N) is 1. The molecular formula is C18H21F2N3O2. The number of ether oxygens (including phenoxy) is 2. The molecule has 0 aliphatic rings. The van der Waals surface area contributed by atoms with Crippen molar-refractivity contribution in [3.8, 4) is 5.75 Å². The summed E-state index contributed by atoms with van der Waals surface area (Å²) in [6.07, 6.45) is -2.51. The minimum absolute atomic E-state index is 0.252. The highest BCUT2D eigenvalue weighted by Crippen LogP contribution is 2.17. The molecule has 0 amide bonds. The summed E-state index contributed by atoms with van der Waals surface area (Å²) in [7, 11) is 1.62. The SMILES string of the molecule is COCc1ccccc1NC(N)=NCc1cccc(OCC(F)F)c1. The van der Waals surface area contributed by atoms with Crippen molar-refractivity contribution < 1.29 is 18.3 Å². The average Bonchev–Trinajstić information content (AvgIpc) is 2.60. The number of alkyl halides is 2. The number of guanidine groups is 1. The highest BCUT2D eigenvalue weighted by atomic mass is 19.3. The lowest BCUT2D eigenvalue weighted by Crippen LogP contribution is -2.23. The van der Waals surface area contributed by atoms with Gasteiger partial charge in [-0.1, -0.05) is 30.3 Å². The molecule has 0 saturated carbocycles. The number of hydrogen-bond donors (Lipinski definition) is 2. The number of methoxy groups -OCH3 is 1. The molecule has 0 aromatic heterocycles. The summed E-state index contributed by atoms with van der Waals surface area (Å²) in [6, 6.07) is 14.5. The van der Waals surface area contributed by atoms with E-state index in [4.69, 9.17) is 15.2 Å². The summed E-state index contributed by atoms with van der Waals surface area (Å²) in [5.74, 6) is 0.632. The largest absolute Gasteiger partial charge is 0.488 e. The van der Waals surface area contributed by atoms with Crippen LogP contribution in [0.2, 0.25) is 0 Å². The Labute approximate surface area is 145 Å². The topological polar surface area (TPSA) is 68.9 Å². The van der Waals surface area contributed by atoms with Crippen molar-refractivity contribution >= 4 is 11.6 Å². The normalized spacial score (nSPS) is 11.6.